The molecule has 5 heteroatoms. The normalized spacial score (nSPS) is 10.2. The van der Waals surface area contributed by atoms with Crippen molar-refractivity contribution in [1.29, 1.82) is 0 Å². The number of ether oxygens (including phenoxy) is 1. The fourth-order valence-electron chi connectivity index (χ4n) is 1.71. The summed E-state index contributed by atoms with van der Waals surface area (Å²) in [6, 6.07) is 1.67. The Labute approximate surface area is 107 Å². The zero-order chi connectivity index (χ0) is 13.5. The second-order valence-electron chi connectivity index (χ2n) is 3.82. The molecule has 1 aromatic rings. The van der Waals surface area contributed by atoms with Crippen LogP contribution in [-0.4, -0.2) is 37.0 Å². The highest BCUT2D eigenvalue weighted by molar-refractivity contribution is 5.95. The van der Waals surface area contributed by atoms with E-state index < -0.39 is 0 Å². The van der Waals surface area contributed by atoms with Gasteiger partial charge in [-0.1, -0.05) is 6.92 Å². The van der Waals surface area contributed by atoms with E-state index in [2.05, 4.69) is 4.74 Å². The number of carbonyl (C=O) groups excluding carboxylic acids is 2. The van der Waals surface area contributed by atoms with Crippen LogP contribution in [0.1, 0.15) is 36.4 Å². The molecular weight excluding hydrogens is 234 g/mol. The molecule has 5 nitrogen and oxygen atoms in total. The summed E-state index contributed by atoms with van der Waals surface area (Å²) in [5, 5.41) is 0. The highest BCUT2D eigenvalue weighted by Crippen LogP contribution is 2.14. The largest absolute Gasteiger partial charge is 0.469 e. The molecule has 0 atom stereocenters. The number of esters is 1. The molecule has 0 aliphatic rings. The van der Waals surface area contributed by atoms with E-state index in [9.17, 15) is 9.59 Å². The van der Waals surface area contributed by atoms with Gasteiger partial charge in [0.2, 0.25) is 0 Å². The molecule has 100 valence electrons. The summed E-state index contributed by atoms with van der Waals surface area (Å²) >= 11 is 0. The molecule has 18 heavy (non-hydrogen) atoms. The Balaban J connectivity index is 2.70. The van der Waals surface area contributed by atoms with Crippen molar-refractivity contribution in [2.24, 2.45) is 0 Å². The van der Waals surface area contributed by atoms with Crippen LogP contribution in [0.5, 0.6) is 0 Å². The van der Waals surface area contributed by atoms with E-state index in [4.69, 9.17) is 4.42 Å². The van der Waals surface area contributed by atoms with Crippen LogP contribution in [0.4, 0.5) is 0 Å². The van der Waals surface area contributed by atoms with Gasteiger partial charge in [-0.05, 0) is 13.0 Å². The number of aryl methyl sites for hydroxylation is 1. The molecule has 0 radical (unpaired) electrons. The standard InChI is InChI=1S/C13H19NO4/c1-4-11-10(7-9-18-11)13(16)14(5-2)8-6-12(15)17-3/h7,9H,4-6,8H2,1-3H3. The van der Waals surface area contributed by atoms with Gasteiger partial charge in [-0.15, -0.1) is 0 Å². The zero-order valence-electron chi connectivity index (χ0n) is 11.1. The lowest BCUT2D eigenvalue weighted by Gasteiger charge is -2.20. The summed E-state index contributed by atoms with van der Waals surface area (Å²) in [5.74, 6) is 0.257. The molecule has 0 fully saturated rings. The molecule has 0 saturated carbocycles. The first-order valence-electron chi connectivity index (χ1n) is 6.06. The van der Waals surface area contributed by atoms with Gasteiger partial charge in [0, 0.05) is 19.5 Å². The first kappa shape index (κ1) is 14.3. The van der Waals surface area contributed by atoms with Crippen molar-refractivity contribution in [2.75, 3.05) is 20.2 Å². The number of furan rings is 1. The maximum atomic E-state index is 12.2. The zero-order valence-corrected chi connectivity index (χ0v) is 11.1. The lowest BCUT2D eigenvalue weighted by molar-refractivity contribution is -0.140. The highest BCUT2D eigenvalue weighted by Gasteiger charge is 2.19. The van der Waals surface area contributed by atoms with Crippen LogP contribution in [0.15, 0.2) is 16.7 Å². The summed E-state index contributed by atoms with van der Waals surface area (Å²) in [6.07, 6.45) is 2.39. The van der Waals surface area contributed by atoms with Gasteiger partial charge in [0.05, 0.1) is 25.4 Å². The fourth-order valence-corrected chi connectivity index (χ4v) is 1.71. The van der Waals surface area contributed by atoms with Gasteiger partial charge < -0.3 is 14.1 Å². The third-order valence-corrected chi connectivity index (χ3v) is 2.78. The van der Waals surface area contributed by atoms with Gasteiger partial charge in [-0.3, -0.25) is 9.59 Å². The molecule has 0 bridgehead atoms. The Morgan fingerprint density at radius 2 is 2.11 bits per heavy atom. The van der Waals surface area contributed by atoms with E-state index in [-0.39, 0.29) is 18.3 Å². The molecule has 1 amide bonds. The third kappa shape index (κ3) is 3.35. The number of rotatable bonds is 6. The molecule has 1 aromatic heterocycles. The SMILES string of the molecule is CCc1occc1C(=O)N(CC)CCC(=O)OC. The number of methoxy groups -OCH3 is 1. The van der Waals surface area contributed by atoms with Gasteiger partial charge in [-0.25, -0.2) is 0 Å². The van der Waals surface area contributed by atoms with E-state index in [0.29, 0.717) is 30.8 Å². The Morgan fingerprint density at radius 1 is 1.39 bits per heavy atom. The quantitative estimate of drug-likeness (QED) is 0.726. The summed E-state index contributed by atoms with van der Waals surface area (Å²) in [4.78, 5) is 24.9. The van der Waals surface area contributed by atoms with E-state index in [0.717, 1.165) is 0 Å². The number of nitrogens with zero attached hydrogens (tertiary/aromatic N) is 1. The van der Waals surface area contributed by atoms with Crippen LogP contribution >= 0.6 is 0 Å². The van der Waals surface area contributed by atoms with Crippen molar-refractivity contribution in [3.63, 3.8) is 0 Å². The molecule has 0 aromatic carbocycles. The Hall–Kier alpha value is -1.78. The van der Waals surface area contributed by atoms with Crippen molar-refractivity contribution in [1.82, 2.24) is 4.90 Å². The lowest BCUT2D eigenvalue weighted by atomic mass is 10.2. The first-order chi connectivity index (χ1) is 8.63. The van der Waals surface area contributed by atoms with E-state index in [1.54, 1.807) is 11.0 Å². The summed E-state index contributed by atoms with van der Waals surface area (Å²) in [6.45, 7) is 4.71. The van der Waals surface area contributed by atoms with E-state index in [1.807, 2.05) is 13.8 Å². The second-order valence-corrected chi connectivity index (χ2v) is 3.82. The second kappa shape index (κ2) is 6.83. The van der Waals surface area contributed by atoms with Crippen LogP contribution in [-0.2, 0) is 16.0 Å². The van der Waals surface area contributed by atoms with Crippen LogP contribution in [0.25, 0.3) is 0 Å². The van der Waals surface area contributed by atoms with Crippen LogP contribution in [0.2, 0.25) is 0 Å². The predicted octanol–water partition coefficient (Wildman–Crippen LogP) is 1.87. The van der Waals surface area contributed by atoms with Gasteiger partial charge in [0.15, 0.2) is 0 Å². The molecule has 0 aliphatic carbocycles. The van der Waals surface area contributed by atoms with Gasteiger partial charge in [0.1, 0.15) is 5.76 Å². The fraction of sp³-hybridized carbons (Fsp3) is 0.538. The summed E-state index contributed by atoms with van der Waals surface area (Å²) in [7, 11) is 1.34. The number of amides is 1. The number of carbonyl (C=O) groups is 2. The van der Waals surface area contributed by atoms with Crippen LogP contribution < -0.4 is 0 Å². The van der Waals surface area contributed by atoms with Crippen molar-refractivity contribution in [3.8, 4) is 0 Å². The van der Waals surface area contributed by atoms with E-state index in [1.165, 1.54) is 13.4 Å². The van der Waals surface area contributed by atoms with Crippen molar-refractivity contribution >= 4 is 11.9 Å². The van der Waals surface area contributed by atoms with Gasteiger partial charge in [-0.2, -0.15) is 0 Å². The van der Waals surface area contributed by atoms with E-state index >= 15 is 0 Å². The van der Waals surface area contributed by atoms with Gasteiger partial charge >= 0.3 is 5.97 Å². The molecule has 0 N–H and O–H groups in total. The number of hydrogen-bond acceptors (Lipinski definition) is 4. The minimum absolute atomic E-state index is 0.105. The Bertz CT molecular complexity index is 411. The average Bonchev–Trinajstić information content (AvgIpc) is 2.86. The smallest absolute Gasteiger partial charge is 0.307 e. The monoisotopic (exact) mass is 253 g/mol. The van der Waals surface area contributed by atoms with Gasteiger partial charge in [0.25, 0.3) is 5.91 Å². The molecule has 0 aliphatic heterocycles. The lowest BCUT2D eigenvalue weighted by Crippen LogP contribution is -2.33. The first-order valence-corrected chi connectivity index (χ1v) is 6.06. The predicted molar refractivity (Wildman–Crippen MR) is 66.3 cm³/mol. The molecule has 0 saturated heterocycles. The maximum Gasteiger partial charge on any atom is 0.307 e. The Morgan fingerprint density at radius 3 is 2.67 bits per heavy atom. The third-order valence-electron chi connectivity index (χ3n) is 2.78. The van der Waals surface area contributed by atoms with Crippen LogP contribution in [0.3, 0.4) is 0 Å². The average molecular weight is 253 g/mol. The maximum absolute atomic E-state index is 12.2. The molecular formula is C13H19NO4. The molecule has 1 heterocycles. The number of hydrogen-bond donors (Lipinski definition) is 0. The minimum atomic E-state index is -0.316. The molecule has 1 rings (SSSR count). The van der Waals surface area contributed by atoms with Crippen molar-refractivity contribution in [3.05, 3.63) is 23.7 Å². The summed E-state index contributed by atoms with van der Waals surface area (Å²) < 4.78 is 9.80. The molecule has 0 unspecified atom stereocenters. The van der Waals surface area contributed by atoms with Crippen molar-refractivity contribution in [2.45, 2.75) is 26.7 Å². The molecule has 0 spiro atoms. The Kier molecular flexibility index (Phi) is 5.42. The topological polar surface area (TPSA) is 59.8 Å². The highest BCUT2D eigenvalue weighted by atomic mass is 16.5. The van der Waals surface area contributed by atoms with Crippen LogP contribution in [0, 0.1) is 0 Å². The van der Waals surface area contributed by atoms with Crippen molar-refractivity contribution < 1.29 is 18.7 Å². The summed E-state index contributed by atoms with van der Waals surface area (Å²) in [5.41, 5.74) is 0.573. The minimum Gasteiger partial charge on any atom is -0.469 e.